The van der Waals surface area contributed by atoms with Crippen LogP contribution in [0.2, 0.25) is 5.02 Å². The molecule has 3 amide bonds. The van der Waals surface area contributed by atoms with E-state index in [9.17, 15) is 9.59 Å². The molecule has 1 aliphatic heterocycles. The van der Waals surface area contributed by atoms with Crippen molar-refractivity contribution in [2.75, 3.05) is 31.0 Å². The highest BCUT2D eigenvalue weighted by atomic mass is 35.5. The van der Waals surface area contributed by atoms with E-state index >= 15 is 0 Å². The highest BCUT2D eigenvalue weighted by Crippen LogP contribution is 2.35. The molecule has 1 heterocycles. The van der Waals surface area contributed by atoms with Crippen LogP contribution in [-0.2, 0) is 4.79 Å². The summed E-state index contributed by atoms with van der Waals surface area (Å²) in [7, 11) is 2.97. The summed E-state index contributed by atoms with van der Waals surface area (Å²) in [6, 6.07) is 11.4. The molecule has 0 radical (unpaired) electrons. The maximum absolute atomic E-state index is 12.6. The van der Waals surface area contributed by atoms with Crippen molar-refractivity contribution in [3.63, 3.8) is 0 Å². The van der Waals surface area contributed by atoms with Crippen LogP contribution >= 0.6 is 11.6 Å². The van der Waals surface area contributed by atoms with E-state index in [2.05, 4.69) is 10.6 Å². The number of rotatable bonds is 5. The standard InChI is InChI=1S/C19H20ClN3O4/c1-26-16-11-17(27-2)15(10-13(16)20)22-19(25)21-14-8-9-23(18(14)24)12-6-4-3-5-7-12/h3-7,10-11,14H,8-9H2,1-2H3,(H2,21,22,25)/t14-/m0/s1. The van der Waals surface area contributed by atoms with Gasteiger partial charge in [-0.15, -0.1) is 0 Å². The van der Waals surface area contributed by atoms with Gasteiger partial charge in [0.15, 0.2) is 0 Å². The molecule has 2 aromatic carbocycles. The van der Waals surface area contributed by atoms with Crippen molar-refractivity contribution >= 4 is 34.9 Å². The third kappa shape index (κ3) is 4.09. The Morgan fingerprint density at radius 2 is 1.85 bits per heavy atom. The van der Waals surface area contributed by atoms with Crippen molar-refractivity contribution in [2.45, 2.75) is 12.5 Å². The van der Waals surface area contributed by atoms with E-state index in [1.165, 1.54) is 20.3 Å². The molecule has 0 unspecified atom stereocenters. The van der Waals surface area contributed by atoms with E-state index in [1.54, 1.807) is 11.0 Å². The number of amides is 3. The molecule has 1 saturated heterocycles. The van der Waals surface area contributed by atoms with Gasteiger partial charge in [-0.2, -0.15) is 0 Å². The summed E-state index contributed by atoms with van der Waals surface area (Å²) in [5.41, 5.74) is 1.20. The number of hydrogen-bond acceptors (Lipinski definition) is 4. The van der Waals surface area contributed by atoms with Gasteiger partial charge >= 0.3 is 6.03 Å². The molecular weight excluding hydrogens is 370 g/mol. The lowest BCUT2D eigenvalue weighted by molar-refractivity contribution is -0.118. The first kappa shape index (κ1) is 18.8. The fourth-order valence-corrected chi connectivity index (χ4v) is 3.19. The number of methoxy groups -OCH3 is 2. The number of nitrogens with one attached hydrogen (secondary N) is 2. The van der Waals surface area contributed by atoms with Crippen LogP contribution in [0.3, 0.4) is 0 Å². The van der Waals surface area contributed by atoms with Gasteiger partial charge in [-0.1, -0.05) is 29.8 Å². The molecule has 0 saturated carbocycles. The fourth-order valence-electron chi connectivity index (χ4n) is 2.95. The van der Waals surface area contributed by atoms with Crippen LogP contribution in [0.1, 0.15) is 6.42 Å². The average Bonchev–Trinajstić information content (AvgIpc) is 3.03. The molecule has 1 fully saturated rings. The van der Waals surface area contributed by atoms with Gasteiger partial charge in [0.2, 0.25) is 5.91 Å². The van der Waals surface area contributed by atoms with Crippen molar-refractivity contribution in [3.8, 4) is 11.5 Å². The number of benzene rings is 2. The predicted octanol–water partition coefficient (Wildman–Crippen LogP) is 3.28. The quantitative estimate of drug-likeness (QED) is 0.822. The van der Waals surface area contributed by atoms with E-state index in [1.807, 2.05) is 30.3 Å². The largest absolute Gasteiger partial charge is 0.495 e. The van der Waals surface area contributed by atoms with Crippen LogP contribution in [0.5, 0.6) is 11.5 Å². The van der Waals surface area contributed by atoms with Crippen LogP contribution in [0.4, 0.5) is 16.2 Å². The molecule has 0 aliphatic carbocycles. The number of anilines is 2. The minimum atomic E-state index is -0.593. The van der Waals surface area contributed by atoms with Crippen molar-refractivity contribution in [1.29, 1.82) is 0 Å². The summed E-state index contributed by atoms with van der Waals surface area (Å²) in [5, 5.41) is 5.71. The second-order valence-electron chi connectivity index (χ2n) is 5.95. The Hall–Kier alpha value is -2.93. The van der Waals surface area contributed by atoms with Crippen LogP contribution < -0.4 is 25.0 Å². The zero-order valence-electron chi connectivity index (χ0n) is 15.0. The molecule has 0 spiro atoms. The van der Waals surface area contributed by atoms with Gasteiger partial charge in [0.05, 0.1) is 24.9 Å². The Morgan fingerprint density at radius 1 is 1.15 bits per heavy atom. The molecule has 1 atom stereocenters. The van der Waals surface area contributed by atoms with Gasteiger partial charge in [-0.05, 0) is 24.6 Å². The second-order valence-corrected chi connectivity index (χ2v) is 6.36. The molecule has 2 aromatic rings. The van der Waals surface area contributed by atoms with Crippen LogP contribution in [0, 0.1) is 0 Å². The van der Waals surface area contributed by atoms with Gasteiger partial charge < -0.3 is 25.0 Å². The zero-order chi connectivity index (χ0) is 19.4. The average molecular weight is 390 g/mol. The third-order valence-electron chi connectivity index (χ3n) is 4.30. The maximum Gasteiger partial charge on any atom is 0.319 e. The molecule has 27 heavy (non-hydrogen) atoms. The molecule has 1 aliphatic rings. The number of ether oxygens (including phenoxy) is 2. The van der Waals surface area contributed by atoms with Gasteiger partial charge in [0.1, 0.15) is 17.5 Å². The lowest BCUT2D eigenvalue weighted by atomic mass is 10.2. The number of carbonyl (C=O) groups excluding carboxylic acids is 2. The molecular formula is C19H20ClN3O4. The van der Waals surface area contributed by atoms with Crippen LogP contribution in [0.25, 0.3) is 0 Å². The Balaban J connectivity index is 1.67. The number of carbonyl (C=O) groups is 2. The predicted molar refractivity (Wildman–Crippen MR) is 104 cm³/mol. The highest BCUT2D eigenvalue weighted by molar-refractivity contribution is 6.32. The first-order valence-corrected chi connectivity index (χ1v) is 8.76. The highest BCUT2D eigenvalue weighted by Gasteiger charge is 2.33. The maximum atomic E-state index is 12.6. The summed E-state index contributed by atoms with van der Waals surface area (Å²) in [4.78, 5) is 26.6. The Morgan fingerprint density at radius 3 is 2.52 bits per heavy atom. The Labute approximate surface area is 162 Å². The fraction of sp³-hybridized carbons (Fsp3) is 0.263. The number of para-hydroxylation sites is 1. The van der Waals surface area contributed by atoms with Gasteiger partial charge in [0.25, 0.3) is 0 Å². The molecule has 0 bridgehead atoms. The Bertz CT molecular complexity index is 844. The van der Waals surface area contributed by atoms with E-state index < -0.39 is 12.1 Å². The normalized spacial score (nSPS) is 16.2. The van der Waals surface area contributed by atoms with Crippen molar-refractivity contribution < 1.29 is 19.1 Å². The third-order valence-corrected chi connectivity index (χ3v) is 4.60. The van der Waals surface area contributed by atoms with Gasteiger partial charge in [0, 0.05) is 18.3 Å². The molecule has 142 valence electrons. The smallest absolute Gasteiger partial charge is 0.319 e. The number of nitrogens with zero attached hydrogens (tertiary/aromatic N) is 1. The van der Waals surface area contributed by atoms with Gasteiger partial charge in [-0.3, -0.25) is 4.79 Å². The summed E-state index contributed by atoms with van der Waals surface area (Å²) in [6.45, 7) is 0.547. The number of urea groups is 1. The van der Waals surface area contributed by atoms with E-state index in [-0.39, 0.29) is 5.91 Å². The lowest BCUT2D eigenvalue weighted by Gasteiger charge is -2.18. The molecule has 0 aromatic heterocycles. The van der Waals surface area contributed by atoms with Crippen molar-refractivity contribution in [2.24, 2.45) is 0 Å². The van der Waals surface area contributed by atoms with E-state index in [0.29, 0.717) is 35.2 Å². The molecule has 3 rings (SSSR count). The minimum absolute atomic E-state index is 0.143. The minimum Gasteiger partial charge on any atom is -0.495 e. The van der Waals surface area contributed by atoms with Gasteiger partial charge in [-0.25, -0.2) is 4.79 Å². The number of halogens is 1. The second kappa shape index (κ2) is 8.18. The summed E-state index contributed by atoms with van der Waals surface area (Å²) in [6.07, 6.45) is 0.529. The SMILES string of the molecule is COc1cc(OC)c(NC(=O)N[C@H]2CCN(c3ccccc3)C2=O)cc1Cl. The van der Waals surface area contributed by atoms with Crippen molar-refractivity contribution in [3.05, 3.63) is 47.5 Å². The number of hydrogen-bond donors (Lipinski definition) is 2. The van der Waals surface area contributed by atoms with E-state index in [0.717, 1.165) is 5.69 Å². The summed E-state index contributed by atoms with van der Waals surface area (Å²) in [5.74, 6) is 0.690. The van der Waals surface area contributed by atoms with Crippen LogP contribution in [-0.4, -0.2) is 38.7 Å². The van der Waals surface area contributed by atoms with E-state index in [4.69, 9.17) is 21.1 Å². The summed E-state index contributed by atoms with van der Waals surface area (Å²) < 4.78 is 10.4. The summed E-state index contributed by atoms with van der Waals surface area (Å²) >= 11 is 6.11. The van der Waals surface area contributed by atoms with Crippen molar-refractivity contribution in [1.82, 2.24) is 5.32 Å². The first-order chi connectivity index (χ1) is 13.0. The lowest BCUT2D eigenvalue weighted by Crippen LogP contribution is -2.43. The molecule has 8 heteroatoms. The first-order valence-electron chi connectivity index (χ1n) is 8.39. The monoisotopic (exact) mass is 389 g/mol. The zero-order valence-corrected chi connectivity index (χ0v) is 15.7. The molecule has 7 nitrogen and oxygen atoms in total. The Kier molecular flexibility index (Phi) is 5.71. The van der Waals surface area contributed by atoms with Crippen LogP contribution in [0.15, 0.2) is 42.5 Å². The topological polar surface area (TPSA) is 79.9 Å². The molecule has 2 N–H and O–H groups in total.